The van der Waals surface area contributed by atoms with Gasteiger partial charge in [0.1, 0.15) is 5.75 Å². The topological polar surface area (TPSA) is 75.9 Å². The van der Waals surface area contributed by atoms with Gasteiger partial charge in [0.2, 0.25) is 5.91 Å². The minimum Gasteiger partial charge on any atom is -0.484 e. The van der Waals surface area contributed by atoms with Gasteiger partial charge in [-0.3, -0.25) is 9.59 Å². The second-order valence-electron chi connectivity index (χ2n) is 7.09. The summed E-state index contributed by atoms with van der Waals surface area (Å²) in [5.74, 6) is 0.730. The molecule has 1 heterocycles. The number of carbonyl (C=O) groups excluding carboxylic acids is 2. The molecular weight excluding hydrogens is 318 g/mol. The number of ether oxygens (including phenoxy) is 1. The lowest BCUT2D eigenvalue weighted by atomic mass is 10.0. The molecule has 0 bridgehead atoms. The Morgan fingerprint density at radius 3 is 2.08 bits per heavy atom. The molecule has 2 rings (SSSR count). The fraction of sp³-hybridized carbons (Fsp3) is 0.579. The van der Waals surface area contributed by atoms with Gasteiger partial charge in [0.05, 0.1) is 6.04 Å². The van der Waals surface area contributed by atoms with Crippen LogP contribution in [-0.2, 0) is 9.59 Å². The summed E-state index contributed by atoms with van der Waals surface area (Å²) in [5.41, 5.74) is 8.14. The van der Waals surface area contributed by atoms with Gasteiger partial charge < -0.3 is 20.3 Å². The number of piperazine rings is 1. The zero-order chi connectivity index (χ0) is 18.6. The largest absolute Gasteiger partial charge is 0.484 e. The van der Waals surface area contributed by atoms with E-state index >= 15 is 0 Å². The Balaban J connectivity index is 1.82. The molecule has 138 valence electrons. The molecule has 1 aliphatic rings. The van der Waals surface area contributed by atoms with Gasteiger partial charge in [0.25, 0.3) is 5.91 Å². The quantitative estimate of drug-likeness (QED) is 0.872. The standard InChI is InChI=1S/C19H29N3O3/c1-13(2)18(20)19(24)22-7-5-21(6-8-22)17(23)12-25-16-10-14(3)9-15(4)11-16/h9-11,13,18H,5-8,12,20H2,1-4H3/t18-/m0/s1. The zero-order valence-electron chi connectivity index (χ0n) is 15.6. The molecule has 0 unspecified atom stereocenters. The summed E-state index contributed by atoms with van der Waals surface area (Å²) >= 11 is 0. The minimum absolute atomic E-state index is 0.0162. The molecule has 1 saturated heterocycles. The number of nitrogens with two attached hydrogens (primary N) is 1. The normalized spacial score (nSPS) is 16.1. The van der Waals surface area contributed by atoms with E-state index in [-0.39, 0.29) is 24.3 Å². The SMILES string of the molecule is Cc1cc(C)cc(OCC(=O)N2CCN(C(=O)[C@@H](N)C(C)C)CC2)c1. The van der Waals surface area contributed by atoms with Crippen LogP contribution in [0.2, 0.25) is 0 Å². The second-order valence-corrected chi connectivity index (χ2v) is 7.09. The molecule has 6 heteroatoms. The van der Waals surface area contributed by atoms with E-state index in [1.165, 1.54) is 0 Å². The van der Waals surface area contributed by atoms with Crippen molar-refractivity contribution < 1.29 is 14.3 Å². The first kappa shape index (κ1) is 19.2. The number of hydrogen-bond acceptors (Lipinski definition) is 4. The Labute approximate surface area is 149 Å². The van der Waals surface area contributed by atoms with Crippen molar-refractivity contribution in [1.82, 2.24) is 9.80 Å². The van der Waals surface area contributed by atoms with E-state index in [0.29, 0.717) is 31.9 Å². The van der Waals surface area contributed by atoms with Crippen molar-refractivity contribution in [2.45, 2.75) is 33.7 Å². The first-order valence-electron chi connectivity index (χ1n) is 8.81. The number of benzene rings is 1. The smallest absolute Gasteiger partial charge is 0.260 e. The van der Waals surface area contributed by atoms with Crippen LogP contribution in [0.1, 0.15) is 25.0 Å². The highest BCUT2D eigenvalue weighted by Crippen LogP contribution is 2.16. The first-order chi connectivity index (χ1) is 11.8. The van der Waals surface area contributed by atoms with Gasteiger partial charge in [-0.05, 0) is 43.0 Å². The molecule has 0 radical (unpaired) electrons. The maximum absolute atomic E-state index is 12.3. The molecule has 2 amide bonds. The Morgan fingerprint density at radius 2 is 1.56 bits per heavy atom. The molecule has 1 aliphatic heterocycles. The second kappa shape index (κ2) is 8.34. The van der Waals surface area contributed by atoms with E-state index in [1.54, 1.807) is 9.80 Å². The van der Waals surface area contributed by atoms with Gasteiger partial charge in [-0.2, -0.15) is 0 Å². The van der Waals surface area contributed by atoms with Crippen LogP contribution in [0.5, 0.6) is 5.75 Å². The third-order valence-corrected chi connectivity index (χ3v) is 4.50. The van der Waals surface area contributed by atoms with E-state index in [9.17, 15) is 9.59 Å². The lowest BCUT2D eigenvalue weighted by Crippen LogP contribution is -2.55. The van der Waals surface area contributed by atoms with Gasteiger partial charge in [0, 0.05) is 26.2 Å². The molecule has 6 nitrogen and oxygen atoms in total. The molecule has 0 saturated carbocycles. The monoisotopic (exact) mass is 347 g/mol. The van der Waals surface area contributed by atoms with Gasteiger partial charge in [-0.25, -0.2) is 0 Å². The molecule has 2 N–H and O–H groups in total. The number of nitrogens with zero attached hydrogens (tertiary/aromatic N) is 2. The van der Waals surface area contributed by atoms with Crippen molar-refractivity contribution >= 4 is 11.8 Å². The van der Waals surface area contributed by atoms with Crippen molar-refractivity contribution in [3.63, 3.8) is 0 Å². The highest BCUT2D eigenvalue weighted by Gasteiger charge is 2.28. The first-order valence-corrected chi connectivity index (χ1v) is 8.81. The van der Waals surface area contributed by atoms with Gasteiger partial charge in [-0.1, -0.05) is 19.9 Å². The van der Waals surface area contributed by atoms with Crippen molar-refractivity contribution in [1.29, 1.82) is 0 Å². The fourth-order valence-electron chi connectivity index (χ4n) is 2.92. The van der Waals surface area contributed by atoms with Crippen LogP contribution in [0.15, 0.2) is 18.2 Å². The van der Waals surface area contributed by atoms with Crippen LogP contribution in [0.3, 0.4) is 0 Å². The zero-order valence-corrected chi connectivity index (χ0v) is 15.6. The fourth-order valence-corrected chi connectivity index (χ4v) is 2.92. The Hall–Kier alpha value is -2.08. The number of amides is 2. The average Bonchev–Trinajstić information content (AvgIpc) is 2.57. The highest BCUT2D eigenvalue weighted by molar-refractivity contribution is 5.82. The number of rotatable bonds is 5. The summed E-state index contributed by atoms with van der Waals surface area (Å²) in [4.78, 5) is 28.1. The van der Waals surface area contributed by atoms with Crippen LogP contribution in [0.25, 0.3) is 0 Å². The van der Waals surface area contributed by atoms with Crippen LogP contribution in [0, 0.1) is 19.8 Å². The molecular formula is C19H29N3O3. The van der Waals surface area contributed by atoms with Gasteiger partial charge in [0.15, 0.2) is 6.61 Å². The summed E-state index contributed by atoms with van der Waals surface area (Å²) < 4.78 is 5.63. The molecule has 25 heavy (non-hydrogen) atoms. The van der Waals surface area contributed by atoms with E-state index < -0.39 is 6.04 Å². The van der Waals surface area contributed by atoms with Crippen LogP contribution in [0.4, 0.5) is 0 Å². The predicted molar refractivity (Wildman–Crippen MR) is 97.4 cm³/mol. The molecule has 1 fully saturated rings. The summed E-state index contributed by atoms with van der Waals surface area (Å²) in [6.45, 7) is 9.97. The molecule has 1 aromatic rings. The Morgan fingerprint density at radius 1 is 1.04 bits per heavy atom. The van der Waals surface area contributed by atoms with Crippen LogP contribution in [-0.4, -0.2) is 60.4 Å². The van der Waals surface area contributed by atoms with E-state index in [1.807, 2.05) is 39.8 Å². The summed E-state index contributed by atoms with van der Waals surface area (Å²) in [6.07, 6.45) is 0. The number of hydrogen-bond donors (Lipinski definition) is 1. The summed E-state index contributed by atoms with van der Waals surface area (Å²) in [5, 5.41) is 0. The Kier molecular flexibility index (Phi) is 6.42. The van der Waals surface area contributed by atoms with Crippen LogP contribution >= 0.6 is 0 Å². The third kappa shape index (κ3) is 5.19. The summed E-state index contributed by atoms with van der Waals surface area (Å²) in [7, 11) is 0. The van der Waals surface area contributed by atoms with Crippen molar-refractivity contribution in [2.75, 3.05) is 32.8 Å². The van der Waals surface area contributed by atoms with Gasteiger partial charge >= 0.3 is 0 Å². The maximum atomic E-state index is 12.3. The highest BCUT2D eigenvalue weighted by atomic mass is 16.5. The molecule has 0 aromatic heterocycles. The van der Waals surface area contributed by atoms with Crippen molar-refractivity contribution in [3.05, 3.63) is 29.3 Å². The molecule has 1 aromatic carbocycles. The predicted octanol–water partition coefficient (Wildman–Crippen LogP) is 1.34. The average molecular weight is 347 g/mol. The van der Waals surface area contributed by atoms with Gasteiger partial charge in [-0.15, -0.1) is 0 Å². The van der Waals surface area contributed by atoms with Crippen molar-refractivity contribution in [2.24, 2.45) is 11.7 Å². The Bertz CT molecular complexity index is 602. The molecule has 0 aliphatic carbocycles. The third-order valence-electron chi connectivity index (χ3n) is 4.50. The minimum atomic E-state index is -0.477. The lowest BCUT2D eigenvalue weighted by Gasteiger charge is -2.36. The molecule has 1 atom stereocenters. The number of aryl methyl sites for hydroxylation is 2. The number of carbonyl (C=O) groups is 2. The molecule has 0 spiro atoms. The maximum Gasteiger partial charge on any atom is 0.260 e. The van der Waals surface area contributed by atoms with Crippen LogP contribution < -0.4 is 10.5 Å². The van der Waals surface area contributed by atoms with E-state index in [2.05, 4.69) is 6.07 Å². The van der Waals surface area contributed by atoms with Crippen molar-refractivity contribution in [3.8, 4) is 5.75 Å². The lowest BCUT2D eigenvalue weighted by molar-refractivity contribution is -0.141. The van der Waals surface area contributed by atoms with E-state index in [0.717, 1.165) is 11.1 Å². The summed E-state index contributed by atoms with van der Waals surface area (Å²) in [6, 6.07) is 5.43. The van der Waals surface area contributed by atoms with E-state index in [4.69, 9.17) is 10.5 Å².